The van der Waals surface area contributed by atoms with Crippen molar-refractivity contribution in [2.75, 3.05) is 0 Å². The highest BCUT2D eigenvalue weighted by Crippen LogP contribution is 2.41. The predicted molar refractivity (Wildman–Crippen MR) is 52.8 cm³/mol. The van der Waals surface area contributed by atoms with E-state index in [1.807, 2.05) is 0 Å². The van der Waals surface area contributed by atoms with Crippen LogP contribution in [0.2, 0.25) is 0 Å². The number of hydrogen-bond acceptors (Lipinski definition) is 4. The normalized spacial score (nSPS) is 16.2. The Kier molecular flexibility index (Phi) is 2.77. The second-order valence-electron chi connectivity index (χ2n) is 2.89. The van der Waals surface area contributed by atoms with Crippen LogP contribution in [0.15, 0.2) is 33.7 Å². The zero-order chi connectivity index (χ0) is 12.3. The monoisotopic (exact) mass is 208 g/mol. The fourth-order valence-corrected chi connectivity index (χ4v) is 1.36. The molecule has 0 radical (unpaired) electrons. The lowest BCUT2D eigenvalue weighted by Crippen LogP contribution is -2.14. The Hall–Kier alpha value is -3.02. The van der Waals surface area contributed by atoms with Gasteiger partial charge in [-0.05, 0) is 12.5 Å². The number of allylic oxidation sites excluding steroid dienone is 4. The van der Waals surface area contributed by atoms with Gasteiger partial charge in [0.1, 0.15) is 23.5 Å². The first-order chi connectivity index (χ1) is 7.62. The molecule has 1 N–H and O–H groups in total. The van der Waals surface area contributed by atoms with Gasteiger partial charge in [-0.3, -0.25) is 0 Å². The van der Waals surface area contributed by atoms with Gasteiger partial charge in [-0.25, -0.2) is 10.1 Å². The Bertz CT molecular complexity index is 533. The number of hydrogen-bond donors (Lipinski definition) is 1. The minimum absolute atomic E-state index is 0.00458. The Morgan fingerprint density at radius 3 is 2.12 bits per heavy atom. The number of nitriles is 3. The van der Waals surface area contributed by atoms with E-state index >= 15 is 0 Å². The zero-order valence-corrected chi connectivity index (χ0v) is 8.24. The van der Waals surface area contributed by atoms with Crippen LogP contribution in [0.25, 0.3) is 4.85 Å². The highest BCUT2D eigenvalue weighted by molar-refractivity contribution is 5.75. The lowest BCUT2D eigenvalue weighted by molar-refractivity contribution is 0.407. The number of aliphatic hydroxyl groups is 1. The highest BCUT2D eigenvalue weighted by atomic mass is 16.3. The van der Waals surface area contributed by atoms with Crippen molar-refractivity contribution in [2.24, 2.45) is 0 Å². The molecule has 0 aromatic carbocycles. The minimum atomic E-state index is -0.297. The van der Waals surface area contributed by atoms with Crippen LogP contribution in [0, 0.1) is 40.6 Å². The van der Waals surface area contributed by atoms with Crippen molar-refractivity contribution in [3.05, 3.63) is 45.2 Å². The fourth-order valence-electron chi connectivity index (χ4n) is 1.36. The van der Waals surface area contributed by atoms with Crippen LogP contribution in [-0.2, 0) is 0 Å². The molecule has 0 atom stereocenters. The maximum Gasteiger partial charge on any atom is 0.270 e. The van der Waals surface area contributed by atoms with Crippen molar-refractivity contribution < 1.29 is 5.11 Å². The standard InChI is InChI=1S/C11H4N4O/c1-6-9(8(5-14)15-2)10(11(6)16)7(3-12)4-13/h16H,1H3/b9-8+. The van der Waals surface area contributed by atoms with Gasteiger partial charge in [0, 0.05) is 11.1 Å². The molecule has 5 heteroatoms. The molecule has 1 aliphatic rings. The number of nitrogens with zero attached hydrogens (tertiary/aromatic N) is 4. The van der Waals surface area contributed by atoms with Crippen LogP contribution in [-0.4, -0.2) is 5.11 Å². The molecular formula is C11H4N4O. The van der Waals surface area contributed by atoms with E-state index in [0.717, 1.165) is 0 Å². The van der Waals surface area contributed by atoms with Gasteiger partial charge in [0.2, 0.25) is 0 Å². The van der Waals surface area contributed by atoms with E-state index in [4.69, 9.17) is 22.4 Å². The van der Waals surface area contributed by atoms with Gasteiger partial charge in [-0.2, -0.15) is 10.5 Å². The predicted octanol–water partition coefficient (Wildman–Crippen LogP) is 1.87. The van der Waals surface area contributed by atoms with Crippen molar-refractivity contribution in [3.8, 4) is 18.2 Å². The summed E-state index contributed by atoms with van der Waals surface area (Å²) < 4.78 is 0. The molecule has 0 amide bonds. The first-order valence-corrected chi connectivity index (χ1v) is 4.09. The molecule has 0 fully saturated rings. The van der Waals surface area contributed by atoms with Crippen LogP contribution in [0.5, 0.6) is 0 Å². The van der Waals surface area contributed by atoms with Crippen molar-refractivity contribution in [3.63, 3.8) is 0 Å². The first-order valence-electron chi connectivity index (χ1n) is 4.09. The van der Waals surface area contributed by atoms with E-state index in [1.54, 1.807) is 18.2 Å². The molecule has 0 saturated heterocycles. The Balaban J connectivity index is 3.66. The Morgan fingerprint density at radius 2 is 1.75 bits per heavy atom. The molecule has 0 heterocycles. The van der Waals surface area contributed by atoms with E-state index in [2.05, 4.69) is 4.85 Å². The topological polar surface area (TPSA) is 96.0 Å². The van der Waals surface area contributed by atoms with Crippen LogP contribution >= 0.6 is 0 Å². The molecule has 1 rings (SSSR count). The average Bonchev–Trinajstić information content (AvgIpc) is 2.33. The summed E-state index contributed by atoms with van der Waals surface area (Å²) in [5.41, 5.74) is 0.0106. The SMILES string of the molecule is [C-]#[N+]/C(C#N)=C1\C(C)=C(O)C1=C(C#N)C#N. The Labute approximate surface area is 91.9 Å². The summed E-state index contributed by atoms with van der Waals surface area (Å²) >= 11 is 0. The van der Waals surface area contributed by atoms with Gasteiger partial charge < -0.3 is 5.11 Å². The quantitative estimate of drug-likeness (QED) is 0.485. The molecule has 0 unspecified atom stereocenters. The number of aliphatic hydroxyl groups excluding tert-OH is 1. The Morgan fingerprint density at radius 1 is 1.19 bits per heavy atom. The van der Waals surface area contributed by atoms with Crippen LogP contribution < -0.4 is 0 Å². The molecular weight excluding hydrogens is 204 g/mol. The summed E-state index contributed by atoms with van der Waals surface area (Å²) in [6.07, 6.45) is 0. The second-order valence-corrected chi connectivity index (χ2v) is 2.89. The molecule has 0 bridgehead atoms. The van der Waals surface area contributed by atoms with E-state index < -0.39 is 0 Å². The van der Waals surface area contributed by atoms with Crippen LogP contribution in [0.3, 0.4) is 0 Å². The zero-order valence-electron chi connectivity index (χ0n) is 8.24. The lowest BCUT2D eigenvalue weighted by Gasteiger charge is -2.24. The van der Waals surface area contributed by atoms with Crippen molar-refractivity contribution in [1.29, 1.82) is 15.8 Å². The van der Waals surface area contributed by atoms with Gasteiger partial charge in [-0.15, -0.1) is 0 Å². The summed E-state index contributed by atoms with van der Waals surface area (Å²) in [6.45, 7) is 8.30. The van der Waals surface area contributed by atoms with E-state index in [-0.39, 0.29) is 28.2 Å². The molecule has 0 spiro atoms. The lowest BCUT2D eigenvalue weighted by atomic mass is 9.80. The highest BCUT2D eigenvalue weighted by Gasteiger charge is 2.32. The van der Waals surface area contributed by atoms with Crippen LogP contribution in [0.1, 0.15) is 6.92 Å². The molecule has 74 valence electrons. The second kappa shape index (κ2) is 4.01. The third-order valence-electron chi connectivity index (χ3n) is 2.15. The summed E-state index contributed by atoms with van der Waals surface area (Å²) in [4.78, 5) is 2.98. The van der Waals surface area contributed by atoms with Gasteiger partial charge >= 0.3 is 0 Å². The number of rotatable bonds is 0. The van der Waals surface area contributed by atoms with E-state index in [0.29, 0.717) is 5.57 Å². The van der Waals surface area contributed by atoms with Crippen molar-refractivity contribution >= 4 is 0 Å². The third kappa shape index (κ3) is 1.30. The average molecular weight is 208 g/mol. The van der Waals surface area contributed by atoms with Crippen LogP contribution in [0.4, 0.5) is 0 Å². The molecule has 0 aliphatic heterocycles. The summed E-state index contributed by atoms with van der Waals surface area (Å²) in [6, 6.07) is 4.90. The van der Waals surface area contributed by atoms with Gasteiger partial charge in [-0.1, -0.05) is 0 Å². The fraction of sp³-hybridized carbons (Fsp3) is 0.0909. The summed E-state index contributed by atoms with van der Waals surface area (Å²) in [7, 11) is 0. The maximum absolute atomic E-state index is 9.49. The molecule has 5 nitrogen and oxygen atoms in total. The molecule has 0 saturated carbocycles. The molecule has 0 aromatic rings. The maximum atomic E-state index is 9.49. The van der Waals surface area contributed by atoms with Gasteiger partial charge in [0.05, 0.1) is 12.6 Å². The first kappa shape index (κ1) is 11.1. The molecule has 0 aromatic heterocycles. The van der Waals surface area contributed by atoms with E-state index in [9.17, 15) is 5.11 Å². The smallest absolute Gasteiger partial charge is 0.270 e. The minimum Gasteiger partial charge on any atom is -0.507 e. The summed E-state index contributed by atoms with van der Waals surface area (Å²) in [5.74, 6) is -0.204. The van der Waals surface area contributed by atoms with Crippen molar-refractivity contribution in [1.82, 2.24) is 0 Å². The third-order valence-corrected chi connectivity index (χ3v) is 2.15. The van der Waals surface area contributed by atoms with Gasteiger partial charge in [0.15, 0.2) is 0 Å². The largest absolute Gasteiger partial charge is 0.507 e. The van der Waals surface area contributed by atoms with Crippen molar-refractivity contribution in [2.45, 2.75) is 6.92 Å². The molecule has 16 heavy (non-hydrogen) atoms. The van der Waals surface area contributed by atoms with E-state index in [1.165, 1.54) is 6.92 Å². The van der Waals surface area contributed by atoms with Gasteiger partial charge in [0.25, 0.3) is 5.70 Å². The summed E-state index contributed by atoms with van der Waals surface area (Å²) in [5, 5.41) is 35.5. The molecule has 1 aliphatic carbocycles.